The van der Waals surface area contributed by atoms with E-state index in [0.717, 1.165) is 44.6 Å². The third-order valence-corrected chi connectivity index (χ3v) is 10.8. The van der Waals surface area contributed by atoms with Crippen LogP contribution in [0.4, 0.5) is 24.5 Å². The molecule has 4 aromatic rings. The molecule has 0 saturated carbocycles. The number of aromatic nitrogens is 1. The number of thioether (sulfide) groups is 1. The molecule has 0 unspecified atom stereocenters. The highest BCUT2D eigenvalue weighted by Gasteiger charge is 2.57. The van der Waals surface area contributed by atoms with E-state index in [4.69, 9.17) is 0 Å². The number of benzene rings is 2. The molecule has 2 aliphatic heterocycles. The van der Waals surface area contributed by atoms with Crippen molar-refractivity contribution >= 4 is 79.5 Å². The molecule has 0 bridgehead atoms. The van der Waals surface area contributed by atoms with Gasteiger partial charge in [-0.1, -0.05) is 51.2 Å². The first-order chi connectivity index (χ1) is 19.5. The van der Waals surface area contributed by atoms with Crippen LogP contribution >= 0.6 is 50.4 Å². The van der Waals surface area contributed by atoms with Gasteiger partial charge in [0, 0.05) is 25.8 Å². The highest BCUT2D eigenvalue weighted by molar-refractivity contribution is 9.10. The Bertz CT molecular complexity index is 1730. The minimum Gasteiger partial charge on any atom is -0.325 e. The lowest BCUT2D eigenvalue weighted by molar-refractivity contribution is -0.137. The van der Waals surface area contributed by atoms with E-state index in [-0.39, 0.29) is 11.6 Å². The van der Waals surface area contributed by atoms with Gasteiger partial charge in [0.2, 0.25) is 17.7 Å². The van der Waals surface area contributed by atoms with E-state index >= 15 is 0 Å². The van der Waals surface area contributed by atoms with Crippen LogP contribution in [-0.4, -0.2) is 27.5 Å². The number of alkyl halides is 3. The number of nitrogens with one attached hydrogen (secondary N) is 1. The Morgan fingerprint density at radius 3 is 2.44 bits per heavy atom. The van der Waals surface area contributed by atoms with Gasteiger partial charge in [-0.3, -0.25) is 23.7 Å². The van der Waals surface area contributed by atoms with Crippen LogP contribution in [0.3, 0.4) is 0 Å². The number of carbonyl (C=O) groups excluding carboxylic acids is 3. The molecule has 7 nitrogen and oxygen atoms in total. The van der Waals surface area contributed by atoms with Crippen LogP contribution in [-0.2, 0) is 27.1 Å². The van der Waals surface area contributed by atoms with Gasteiger partial charge >= 0.3 is 11.0 Å². The third-order valence-electron chi connectivity index (χ3n) is 6.76. The Labute approximate surface area is 251 Å². The van der Waals surface area contributed by atoms with Crippen LogP contribution in [0.1, 0.15) is 21.2 Å². The highest BCUT2D eigenvalue weighted by Crippen LogP contribution is 2.54. The normalized spacial score (nSPS) is 20.2. The molecule has 6 rings (SSSR count). The summed E-state index contributed by atoms with van der Waals surface area (Å²) in [5, 5.41) is 3.84. The number of thiophene rings is 1. The van der Waals surface area contributed by atoms with E-state index in [1.165, 1.54) is 32.9 Å². The van der Waals surface area contributed by atoms with Gasteiger partial charge in [0.15, 0.2) is 0 Å². The number of anilines is 2. The highest BCUT2D eigenvalue weighted by atomic mass is 79.9. The van der Waals surface area contributed by atoms with Gasteiger partial charge in [-0.25, -0.2) is 4.90 Å². The lowest BCUT2D eigenvalue weighted by atomic mass is 9.87. The molecule has 3 atom stereocenters. The molecule has 3 amide bonds. The average Bonchev–Trinajstić information content (AvgIpc) is 3.62. The van der Waals surface area contributed by atoms with Crippen molar-refractivity contribution in [3.05, 3.63) is 95.5 Å². The standard InChI is InChI=1S/C27H17BrF3N3O4S3/c28-14-6-8-16(9-7-14)34-23(36)20-19(17-5-2-10-39-17)22-25(40-21(20)24(34)37)33(26(38)41-22)12-18(35)32-15-4-1-3-13(11-15)27(29,30)31/h1-11,19-21H,12H2,(H,32,35)/t19-,20-,21+/m0/s1. The van der Waals surface area contributed by atoms with Crippen LogP contribution < -0.4 is 15.1 Å². The number of fused-ring (bicyclic) bond motifs is 2. The van der Waals surface area contributed by atoms with Crippen molar-refractivity contribution in [3.63, 3.8) is 0 Å². The molecule has 41 heavy (non-hydrogen) atoms. The number of imide groups is 1. The van der Waals surface area contributed by atoms with E-state index in [2.05, 4.69) is 21.2 Å². The Kier molecular flexibility index (Phi) is 7.20. The van der Waals surface area contributed by atoms with Crippen molar-refractivity contribution in [2.24, 2.45) is 5.92 Å². The molecule has 2 aliphatic rings. The van der Waals surface area contributed by atoms with Crippen molar-refractivity contribution in [1.29, 1.82) is 0 Å². The van der Waals surface area contributed by atoms with E-state index < -0.39 is 52.1 Å². The van der Waals surface area contributed by atoms with Crippen LogP contribution in [0.15, 0.2) is 80.3 Å². The topological polar surface area (TPSA) is 88.5 Å². The number of halogens is 4. The summed E-state index contributed by atoms with van der Waals surface area (Å²) in [6, 6.07) is 14.7. The smallest absolute Gasteiger partial charge is 0.325 e. The average molecular weight is 681 g/mol. The predicted molar refractivity (Wildman–Crippen MR) is 155 cm³/mol. The molecule has 0 aliphatic carbocycles. The summed E-state index contributed by atoms with van der Waals surface area (Å²) in [5.74, 6) is -2.81. The number of hydrogen-bond donors (Lipinski definition) is 1. The Hall–Kier alpha value is -3.20. The fourth-order valence-corrected chi connectivity index (χ4v) is 8.98. The SMILES string of the molecule is O=C(Cn1c2c(sc1=O)[C@@H](c1cccs1)[C@@H]1C(=O)N(c3ccc(Br)cc3)C(=O)[C@@H]1S2)Nc1cccc(C(F)(F)F)c1. The zero-order valence-electron chi connectivity index (χ0n) is 20.6. The first-order valence-electron chi connectivity index (χ1n) is 12.1. The van der Waals surface area contributed by atoms with Crippen molar-refractivity contribution in [2.45, 2.75) is 28.9 Å². The third kappa shape index (κ3) is 5.07. The summed E-state index contributed by atoms with van der Waals surface area (Å²) in [7, 11) is 0. The van der Waals surface area contributed by atoms with E-state index in [1.54, 1.807) is 24.3 Å². The second kappa shape index (κ2) is 10.6. The molecule has 0 spiro atoms. The molecule has 2 aromatic heterocycles. The molecule has 1 N–H and O–H groups in total. The number of nitrogens with zero attached hydrogens (tertiary/aromatic N) is 2. The summed E-state index contributed by atoms with van der Waals surface area (Å²) in [6.45, 7) is -0.471. The maximum atomic E-state index is 13.8. The molecular formula is C27H17BrF3N3O4S3. The molecule has 2 aromatic carbocycles. The van der Waals surface area contributed by atoms with Crippen molar-refractivity contribution in [1.82, 2.24) is 4.57 Å². The summed E-state index contributed by atoms with van der Waals surface area (Å²) in [4.78, 5) is 55.6. The zero-order chi connectivity index (χ0) is 29.1. The maximum absolute atomic E-state index is 13.8. The Morgan fingerprint density at radius 2 is 1.76 bits per heavy atom. The predicted octanol–water partition coefficient (Wildman–Crippen LogP) is 6.19. The molecule has 1 saturated heterocycles. The largest absolute Gasteiger partial charge is 0.416 e. The molecule has 210 valence electrons. The van der Waals surface area contributed by atoms with E-state index in [1.807, 2.05) is 17.5 Å². The number of carbonyl (C=O) groups is 3. The lowest BCUT2D eigenvalue weighted by Gasteiger charge is -2.29. The minimum atomic E-state index is -4.58. The van der Waals surface area contributed by atoms with Crippen molar-refractivity contribution in [2.75, 3.05) is 10.2 Å². The number of thiazole rings is 1. The van der Waals surface area contributed by atoms with Gasteiger partial charge in [-0.15, -0.1) is 11.3 Å². The Morgan fingerprint density at radius 1 is 1.00 bits per heavy atom. The van der Waals surface area contributed by atoms with Gasteiger partial charge < -0.3 is 5.32 Å². The van der Waals surface area contributed by atoms with Gasteiger partial charge in [0.25, 0.3) is 0 Å². The van der Waals surface area contributed by atoms with E-state index in [0.29, 0.717) is 15.6 Å². The number of amides is 3. The van der Waals surface area contributed by atoms with Crippen LogP contribution in [0.2, 0.25) is 0 Å². The van der Waals surface area contributed by atoms with Gasteiger partial charge in [0.1, 0.15) is 11.8 Å². The first-order valence-corrected chi connectivity index (χ1v) is 15.4. The molecule has 1 fully saturated rings. The molecule has 14 heteroatoms. The van der Waals surface area contributed by atoms with Gasteiger partial charge in [0.05, 0.1) is 22.2 Å². The summed E-state index contributed by atoms with van der Waals surface area (Å²) in [6.07, 6.45) is -4.58. The molecule has 0 radical (unpaired) electrons. The van der Waals surface area contributed by atoms with Crippen LogP contribution in [0.25, 0.3) is 0 Å². The fraction of sp³-hybridized carbons (Fsp3) is 0.185. The summed E-state index contributed by atoms with van der Waals surface area (Å²) in [5.41, 5.74) is -0.544. The monoisotopic (exact) mass is 679 g/mol. The quantitative estimate of drug-likeness (QED) is 0.254. The van der Waals surface area contributed by atoms with Crippen LogP contribution in [0.5, 0.6) is 0 Å². The second-order valence-corrected chi connectivity index (χ2v) is 13.3. The minimum absolute atomic E-state index is 0.0622. The maximum Gasteiger partial charge on any atom is 0.416 e. The zero-order valence-corrected chi connectivity index (χ0v) is 24.6. The Balaban J connectivity index is 1.35. The van der Waals surface area contributed by atoms with Gasteiger partial charge in [-0.05, 0) is 53.9 Å². The second-order valence-electron chi connectivity index (χ2n) is 9.30. The molecule has 4 heterocycles. The molecular weight excluding hydrogens is 663 g/mol. The summed E-state index contributed by atoms with van der Waals surface area (Å²) < 4.78 is 41.3. The van der Waals surface area contributed by atoms with Crippen LogP contribution in [0, 0.1) is 5.92 Å². The number of hydrogen-bond acceptors (Lipinski definition) is 7. The summed E-state index contributed by atoms with van der Waals surface area (Å²) >= 11 is 6.74. The van der Waals surface area contributed by atoms with E-state index in [9.17, 15) is 32.3 Å². The van der Waals surface area contributed by atoms with Crippen molar-refractivity contribution < 1.29 is 27.6 Å². The lowest BCUT2D eigenvalue weighted by Crippen LogP contribution is -2.32. The van der Waals surface area contributed by atoms with Crippen molar-refractivity contribution in [3.8, 4) is 0 Å². The van der Waals surface area contributed by atoms with Gasteiger partial charge in [-0.2, -0.15) is 13.2 Å². The fourth-order valence-electron chi connectivity index (χ4n) is 4.99. The first kappa shape index (κ1) is 27.9. The number of rotatable bonds is 5.